The molecule has 0 aromatic carbocycles. The molecule has 0 bridgehead atoms. The van der Waals surface area contributed by atoms with Gasteiger partial charge in [0.25, 0.3) is 0 Å². The minimum atomic E-state index is -4.91. The Labute approximate surface area is 466 Å². The number of aliphatic hydroxyl groups is 2. The first kappa shape index (κ1) is 74.8. The Morgan fingerprint density at radius 2 is 0.623 bits per heavy atom. The standard InChI is InChI=1S/C59H110O16P2/c1-4-7-10-13-16-19-22-24-26-28-31-33-36-39-42-45-57(62)69-48-54(60)49-71-76(65,66)72-50-55(61)51-73-77(67,68)74-53-56(75-59(64)47-44-41-38-35-30-21-18-15-12-9-6-3)52-70-58(63)46-43-40-37-34-32-29-27-25-23-20-17-14-11-8-5-2/h15,18,24-27,54-56,60-61H,4-14,16-17,19-23,28-53H2,1-3H3,(H,65,66)(H,67,68)/b18-15-,26-24-,27-25-. The molecule has 18 heteroatoms. The van der Waals surface area contributed by atoms with Crippen LogP contribution in [0.4, 0.5) is 0 Å². The number of hydrogen-bond acceptors (Lipinski definition) is 14. The molecule has 5 atom stereocenters. The van der Waals surface area contributed by atoms with Crippen LogP contribution in [0.25, 0.3) is 0 Å². The van der Waals surface area contributed by atoms with Gasteiger partial charge in [0.15, 0.2) is 6.10 Å². The SMILES string of the molecule is CCCC/C=C\CCCCCCCC(=O)OC(COC(=O)CCCCCCC/C=C\CCCCCCCC)COP(=O)(O)OCC(O)COP(=O)(O)OCC(O)COC(=O)CCCCCCC/C=C\CCCCCCCC. The Morgan fingerprint density at radius 1 is 0.351 bits per heavy atom. The number of allylic oxidation sites excluding steroid dienone is 6. The van der Waals surface area contributed by atoms with E-state index in [9.17, 15) is 43.5 Å². The maximum absolute atomic E-state index is 12.8. The lowest BCUT2D eigenvalue weighted by molar-refractivity contribution is -0.161. The van der Waals surface area contributed by atoms with Crippen LogP contribution >= 0.6 is 15.6 Å². The summed E-state index contributed by atoms with van der Waals surface area (Å²) in [7, 11) is -9.75. The molecule has 16 nitrogen and oxygen atoms in total. The fraction of sp³-hybridized carbons (Fsp3) is 0.847. The van der Waals surface area contributed by atoms with E-state index in [2.05, 4.69) is 57.2 Å². The van der Waals surface area contributed by atoms with Crippen molar-refractivity contribution in [2.45, 2.75) is 283 Å². The summed E-state index contributed by atoms with van der Waals surface area (Å²) in [5.74, 6) is -1.59. The Morgan fingerprint density at radius 3 is 0.987 bits per heavy atom. The highest BCUT2D eigenvalue weighted by Gasteiger charge is 2.29. The minimum absolute atomic E-state index is 0.0961. The smallest absolute Gasteiger partial charge is 0.463 e. The summed E-state index contributed by atoms with van der Waals surface area (Å²) in [6.07, 6.45) is 47.9. The fourth-order valence-corrected chi connectivity index (χ4v) is 9.65. The molecule has 4 N–H and O–H groups in total. The van der Waals surface area contributed by atoms with Crippen molar-refractivity contribution in [1.82, 2.24) is 0 Å². The molecule has 452 valence electrons. The number of carbonyl (C=O) groups excluding carboxylic acids is 3. The summed E-state index contributed by atoms with van der Waals surface area (Å²) in [5.41, 5.74) is 0. The lowest BCUT2D eigenvalue weighted by Gasteiger charge is -2.21. The first-order valence-electron chi connectivity index (χ1n) is 30.3. The zero-order valence-electron chi connectivity index (χ0n) is 48.4. The molecule has 0 amide bonds. The summed E-state index contributed by atoms with van der Waals surface area (Å²) < 4.78 is 60.5. The Bertz CT molecular complexity index is 1570. The van der Waals surface area contributed by atoms with Crippen molar-refractivity contribution < 1.29 is 75.8 Å². The molecule has 0 saturated heterocycles. The van der Waals surface area contributed by atoms with E-state index < -0.39 is 91.5 Å². The number of phosphoric ester groups is 2. The van der Waals surface area contributed by atoms with E-state index >= 15 is 0 Å². The summed E-state index contributed by atoms with van der Waals surface area (Å²) in [6, 6.07) is 0. The van der Waals surface area contributed by atoms with Gasteiger partial charge < -0.3 is 34.2 Å². The van der Waals surface area contributed by atoms with Crippen molar-refractivity contribution in [1.29, 1.82) is 0 Å². The van der Waals surface area contributed by atoms with E-state index in [1.807, 2.05) is 0 Å². The number of esters is 3. The van der Waals surface area contributed by atoms with Crippen LogP contribution in [0, 0.1) is 0 Å². The highest BCUT2D eigenvalue weighted by atomic mass is 31.2. The van der Waals surface area contributed by atoms with Crippen molar-refractivity contribution >= 4 is 33.6 Å². The second-order valence-corrected chi connectivity index (χ2v) is 23.4. The molecular weight excluding hydrogens is 1030 g/mol. The van der Waals surface area contributed by atoms with Crippen molar-refractivity contribution in [3.8, 4) is 0 Å². The van der Waals surface area contributed by atoms with Crippen LogP contribution in [0.2, 0.25) is 0 Å². The van der Waals surface area contributed by atoms with Gasteiger partial charge in [-0.3, -0.25) is 32.5 Å². The van der Waals surface area contributed by atoms with Crippen LogP contribution in [0.5, 0.6) is 0 Å². The normalized spacial score (nSPS) is 14.7. The van der Waals surface area contributed by atoms with Gasteiger partial charge in [0.2, 0.25) is 0 Å². The van der Waals surface area contributed by atoms with Gasteiger partial charge in [0.05, 0.1) is 26.4 Å². The number of unbranched alkanes of at least 4 members (excludes halogenated alkanes) is 29. The fourth-order valence-electron chi connectivity index (χ4n) is 8.07. The van der Waals surface area contributed by atoms with E-state index in [1.165, 1.54) is 89.9 Å². The minimum Gasteiger partial charge on any atom is -0.463 e. The van der Waals surface area contributed by atoms with E-state index in [1.54, 1.807) is 0 Å². The first-order valence-corrected chi connectivity index (χ1v) is 33.3. The van der Waals surface area contributed by atoms with Crippen LogP contribution in [-0.2, 0) is 55.8 Å². The largest absolute Gasteiger partial charge is 0.472 e. The van der Waals surface area contributed by atoms with Gasteiger partial charge in [-0.15, -0.1) is 0 Å². The van der Waals surface area contributed by atoms with Crippen molar-refractivity contribution in [3.63, 3.8) is 0 Å². The van der Waals surface area contributed by atoms with Crippen LogP contribution in [0.1, 0.15) is 265 Å². The van der Waals surface area contributed by atoms with Gasteiger partial charge >= 0.3 is 33.6 Å². The average Bonchev–Trinajstić information content (AvgIpc) is 3.40. The summed E-state index contributed by atoms with van der Waals surface area (Å²) in [5, 5.41) is 20.4. The molecule has 0 aromatic heterocycles. The third-order valence-electron chi connectivity index (χ3n) is 12.8. The molecule has 0 saturated carbocycles. The van der Waals surface area contributed by atoms with Crippen molar-refractivity contribution in [2.75, 3.05) is 39.6 Å². The highest BCUT2D eigenvalue weighted by Crippen LogP contribution is 2.45. The molecule has 0 aliphatic rings. The maximum atomic E-state index is 12.8. The van der Waals surface area contributed by atoms with Gasteiger partial charge in [-0.1, -0.05) is 192 Å². The third kappa shape index (κ3) is 55.5. The molecular formula is C59H110O16P2. The third-order valence-corrected chi connectivity index (χ3v) is 14.7. The molecule has 0 rings (SSSR count). The molecule has 0 aromatic rings. The monoisotopic (exact) mass is 1140 g/mol. The van der Waals surface area contributed by atoms with Gasteiger partial charge in [-0.05, 0) is 89.9 Å². The lowest BCUT2D eigenvalue weighted by atomic mass is 10.1. The second-order valence-electron chi connectivity index (χ2n) is 20.5. The number of ether oxygens (including phenoxy) is 3. The van der Waals surface area contributed by atoms with Crippen molar-refractivity contribution in [3.05, 3.63) is 36.5 Å². The number of rotatable bonds is 58. The molecule has 0 radical (unpaired) electrons. The molecule has 77 heavy (non-hydrogen) atoms. The number of carbonyl (C=O) groups is 3. The summed E-state index contributed by atoms with van der Waals surface area (Å²) in [4.78, 5) is 58.0. The number of hydrogen-bond donors (Lipinski definition) is 4. The Balaban J connectivity index is 4.66. The van der Waals surface area contributed by atoms with E-state index in [-0.39, 0.29) is 19.3 Å². The van der Waals surface area contributed by atoms with Crippen LogP contribution < -0.4 is 0 Å². The van der Waals surface area contributed by atoms with Gasteiger partial charge in [-0.25, -0.2) is 9.13 Å². The average molecular weight is 1140 g/mol. The molecule has 0 spiro atoms. The van der Waals surface area contributed by atoms with Crippen molar-refractivity contribution in [2.24, 2.45) is 0 Å². The Kier molecular flexibility index (Phi) is 52.8. The van der Waals surface area contributed by atoms with E-state index in [4.69, 9.17) is 32.3 Å². The summed E-state index contributed by atoms with van der Waals surface area (Å²) >= 11 is 0. The zero-order chi connectivity index (χ0) is 56.8. The van der Waals surface area contributed by atoms with E-state index in [0.29, 0.717) is 19.3 Å². The van der Waals surface area contributed by atoms with Crippen LogP contribution in [0.15, 0.2) is 36.5 Å². The molecule has 0 aliphatic heterocycles. The predicted molar refractivity (Wildman–Crippen MR) is 307 cm³/mol. The first-order chi connectivity index (χ1) is 37.2. The lowest BCUT2D eigenvalue weighted by Crippen LogP contribution is -2.30. The zero-order valence-corrected chi connectivity index (χ0v) is 50.2. The quantitative estimate of drug-likeness (QED) is 0.0146. The van der Waals surface area contributed by atoms with Gasteiger partial charge in [0.1, 0.15) is 25.4 Å². The van der Waals surface area contributed by atoms with Crippen LogP contribution in [0.3, 0.4) is 0 Å². The van der Waals surface area contributed by atoms with E-state index in [0.717, 1.165) is 116 Å². The maximum Gasteiger partial charge on any atom is 0.472 e. The molecule has 5 unspecified atom stereocenters. The predicted octanol–water partition coefficient (Wildman–Crippen LogP) is 15.5. The van der Waals surface area contributed by atoms with Gasteiger partial charge in [0, 0.05) is 19.3 Å². The van der Waals surface area contributed by atoms with Crippen LogP contribution in [-0.4, -0.2) is 95.9 Å². The molecule has 0 fully saturated rings. The van der Waals surface area contributed by atoms with Gasteiger partial charge in [-0.2, -0.15) is 0 Å². The molecule has 0 heterocycles. The molecule has 0 aliphatic carbocycles. The number of aliphatic hydroxyl groups excluding tert-OH is 2. The second kappa shape index (κ2) is 54.4. The summed E-state index contributed by atoms with van der Waals surface area (Å²) in [6.45, 7) is 2.59. The highest BCUT2D eigenvalue weighted by molar-refractivity contribution is 7.47. The number of phosphoric acid groups is 2. The Hall–Kier alpha value is -2.23. The topological polar surface area (TPSA) is 231 Å².